The molecule has 0 aliphatic rings. The van der Waals surface area contributed by atoms with Gasteiger partial charge in [-0.1, -0.05) is 34.1 Å². The molecule has 0 saturated carbocycles. The normalized spacial score (nSPS) is 13.9. The average Bonchev–Trinajstić information content (AvgIpc) is 2.61. The SMILES string of the molecule is CCNC(CCCC(C)(C)C)c1nccn1C. The van der Waals surface area contributed by atoms with Crippen molar-refractivity contribution in [2.45, 2.75) is 53.0 Å². The first-order valence-corrected chi connectivity index (χ1v) is 6.64. The molecule has 0 radical (unpaired) electrons. The van der Waals surface area contributed by atoms with Crippen molar-refractivity contribution in [3.05, 3.63) is 18.2 Å². The van der Waals surface area contributed by atoms with Gasteiger partial charge in [0.2, 0.25) is 0 Å². The van der Waals surface area contributed by atoms with Gasteiger partial charge in [0, 0.05) is 19.4 Å². The maximum Gasteiger partial charge on any atom is 0.125 e. The van der Waals surface area contributed by atoms with Crippen LogP contribution in [0.3, 0.4) is 0 Å². The van der Waals surface area contributed by atoms with Crippen LogP contribution in [0, 0.1) is 5.41 Å². The molecule has 0 aromatic carbocycles. The summed E-state index contributed by atoms with van der Waals surface area (Å²) in [5.74, 6) is 1.15. The second kappa shape index (κ2) is 6.20. The topological polar surface area (TPSA) is 29.9 Å². The highest BCUT2D eigenvalue weighted by molar-refractivity contribution is 4.98. The van der Waals surface area contributed by atoms with Gasteiger partial charge >= 0.3 is 0 Å². The van der Waals surface area contributed by atoms with Crippen LogP contribution < -0.4 is 5.32 Å². The number of nitrogens with zero attached hydrogens (tertiary/aromatic N) is 2. The van der Waals surface area contributed by atoms with E-state index in [1.54, 1.807) is 0 Å². The molecular formula is C14H27N3. The van der Waals surface area contributed by atoms with Crippen molar-refractivity contribution in [3.63, 3.8) is 0 Å². The quantitative estimate of drug-likeness (QED) is 0.823. The minimum Gasteiger partial charge on any atom is -0.337 e. The lowest BCUT2D eigenvalue weighted by molar-refractivity contribution is 0.340. The van der Waals surface area contributed by atoms with Crippen molar-refractivity contribution in [1.29, 1.82) is 0 Å². The lowest BCUT2D eigenvalue weighted by Gasteiger charge is -2.21. The Labute approximate surface area is 106 Å². The summed E-state index contributed by atoms with van der Waals surface area (Å²) in [6.07, 6.45) is 7.57. The third-order valence-electron chi connectivity index (χ3n) is 3.04. The minimum absolute atomic E-state index is 0.391. The molecule has 1 atom stereocenters. The van der Waals surface area contributed by atoms with E-state index >= 15 is 0 Å². The van der Waals surface area contributed by atoms with Crippen molar-refractivity contribution in [1.82, 2.24) is 14.9 Å². The molecule has 3 nitrogen and oxygen atoms in total. The maximum absolute atomic E-state index is 4.45. The maximum atomic E-state index is 4.45. The lowest BCUT2D eigenvalue weighted by Crippen LogP contribution is -2.24. The predicted molar refractivity (Wildman–Crippen MR) is 72.9 cm³/mol. The summed E-state index contributed by atoms with van der Waals surface area (Å²) >= 11 is 0. The molecule has 3 heteroatoms. The van der Waals surface area contributed by atoms with Crippen LogP contribution in [0.1, 0.15) is 58.8 Å². The van der Waals surface area contributed by atoms with Gasteiger partial charge in [-0.3, -0.25) is 0 Å². The van der Waals surface area contributed by atoms with Crippen molar-refractivity contribution >= 4 is 0 Å². The van der Waals surface area contributed by atoms with Crippen molar-refractivity contribution in [3.8, 4) is 0 Å². The summed E-state index contributed by atoms with van der Waals surface area (Å²) in [6.45, 7) is 10.1. The zero-order valence-corrected chi connectivity index (χ0v) is 12.0. The van der Waals surface area contributed by atoms with Gasteiger partial charge in [-0.2, -0.15) is 0 Å². The molecule has 1 rings (SSSR count). The summed E-state index contributed by atoms with van der Waals surface area (Å²) in [5.41, 5.74) is 0.429. The van der Waals surface area contributed by atoms with E-state index in [1.807, 2.05) is 12.4 Å². The van der Waals surface area contributed by atoms with E-state index in [2.05, 4.69) is 49.6 Å². The van der Waals surface area contributed by atoms with Crippen molar-refractivity contribution in [2.75, 3.05) is 6.54 Å². The monoisotopic (exact) mass is 237 g/mol. The molecule has 17 heavy (non-hydrogen) atoms. The largest absolute Gasteiger partial charge is 0.337 e. The molecule has 1 aromatic rings. The average molecular weight is 237 g/mol. The highest BCUT2D eigenvalue weighted by Crippen LogP contribution is 2.25. The zero-order valence-electron chi connectivity index (χ0n) is 12.0. The molecule has 98 valence electrons. The number of aryl methyl sites for hydroxylation is 1. The van der Waals surface area contributed by atoms with Crippen molar-refractivity contribution in [2.24, 2.45) is 12.5 Å². The second-order valence-electron chi connectivity index (χ2n) is 5.96. The minimum atomic E-state index is 0.391. The van der Waals surface area contributed by atoms with Crippen molar-refractivity contribution < 1.29 is 0 Å². The van der Waals surface area contributed by atoms with Crippen LogP contribution in [-0.2, 0) is 7.05 Å². The Morgan fingerprint density at radius 3 is 2.59 bits per heavy atom. The number of nitrogens with one attached hydrogen (secondary N) is 1. The van der Waals surface area contributed by atoms with E-state index in [-0.39, 0.29) is 0 Å². The Kier molecular flexibility index (Phi) is 5.19. The molecular weight excluding hydrogens is 210 g/mol. The predicted octanol–water partition coefficient (Wildman–Crippen LogP) is 3.29. The molecule has 0 fully saturated rings. The molecule has 0 aliphatic heterocycles. The van der Waals surface area contributed by atoms with Crippen LogP contribution in [0.2, 0.25) is 0 Å². The Morgan fingerprint density at radius 1 is 1.41 bits per heavy atom. The Bertz CT molecular complexity index is 322. The van der Waals surface area contributed by atoms with Gasteiger partial charge in [0.15, 0.2) is 0 Å². The standard InChI is InChI=1S/C14H27N3/c1-6-15-12(8-7-9-14(2,3)4)13-16-10-11-17(13)5/h10-12,15H,6-9H2,1-5H3. The molecule has 1 aromatic heterocycles. The van der Waals surface area contributed by atoms with Crippen LogP contribution in [-0.4, -0.2) is 16.1 Å². The number of rotatable bonds is 6. The summed E-state index contributed by atoms with van der Waals surface area (Å²) in [6, 6.07) is 0.391. The first-order valence-electron chi connectivity index (χ1n) is 6.64. The van der Waals surface area contributed by atoms with Gasteiger partial charge in [-0.05, 0) is 24.8 Å². The molecule has 0 amide bonds. The molecule has 0 spiro atoms. The Hall–Kier alpha value is -0.830. The van der Waals surface area contributed by atoms with Gasteiger partial charge in [0.25, 0.3) is 0 Å². The van der Waals surface area contributed by atoms with E-state index in [9.17, 15) is 0 Å². The van der Waals surface area contributed by atoms with Gasteiger partial charge in [-0.15, -0.1) is 0 Å². The molecule has 0 bridgehead atoms. The molecule has 1 heterocycles. The summed E-state index contributed by atoms with van der Waals surface area (Å²) in [5, 5.41) is 3.53. The first kappa shape index (κ1) is 14.2. The zero-order chi connectivity index (χ0) is 12.9. The van der Waals surface area contributed by atoms with Gasteiger partial charge in [0.1, 0.15) is 5.82 Å². The molecule has 1 N–H and O–H groups in total. The number of hydrogen-bond acceptors (Lipinski definition) is 2. The van der Waals surface area contributed by atoms with E-state index < -0.39 is 0 Å². The van der Waals surface area contributed by atoms with Crippen LogP contribution in [0.25, 0.3) is 0 Å². The fourth-order valence-corrected chi connectivity index (χ4v) is 2.12. The summed E-state index contributed by atoms with van der Waals surface area (Å²) < 4.78 is 2.12. The third kappa shape index (κ3) is 4.90. The van der Waals surface area contributed by atoms with Crippen LogP contribution >= 0.6 is 0 Å². The first-order chi connectivity index (χ1) is 7.94. The van der Waals surface area contributed by atoms with E-state index in [4.69, 9.17) is 0 Å². The fraction of sp³-hybridized carbons (Fsp3) is 0.786. The lowest BCUT2D eigenvalue weighted by atomic mass is 9.89. The third-order valence-corrected chi connectivity index (χ3v) is 3.04. The highest BCUT2D eigenvalue weighted by atomic mass is 15.1. The second-order valence-corrected chi connectivity index (χ2v) is 5.96. The van der Waals surface area contributed by atoms with Crippen LogP contribution in [0.5, 0.6) is 0 Å². The molecule has 1 unspecified atom stereocenters. The number of aromatic nitrogens is 2. The number of hydrogen-bond donors (Lipinski definition) is 1. The highest BCUT2D eigenvalue weighted by Gasteiger charge is 2.16. The van der Waals surface area contributed by atoms with Gasteiger partial charge in [-0.25, -0.2) is 4.98 Å². The molecule has 0 saturated heterocycles. The Balaban J connectivity index is 2.53. The van der Waals surface area contributed by atoms with E-state index in [0.29, 0.717) is 11.5 Å². The van der Waals surface area contributed by atoms with Crippen LogP contribution in [0.4, 0.5) is 0 Å². The molecule has 0 aliphatic carbocycles. The van der Waals surface area contributed by atoms with E-state index in [1.165, 1.54) is 12.8 Å². The Morgan fingerprint density at radius 2 is 2.12 bits per heavy atom. The van der Waals surface area contributed by atoms with Gasteiger partial charge < -0.3 is 9.88 Å². The van der Waals surface area contributed by atoms with Crippen LogP contribution in [0.15, 0.2) is 12.4 Å². The summed E-state index contributed by atoms with van der Waals surface area (Å²) in [4.78, 5) is 4.45. The smallest absolute Gasteiger partial charge is 0.125 e. The summed E-state index contributed by atoms with van der Waals surface area (Å²) in [7, 11) is 2.07. The van der Waals surface area contributed by atoms with E-state index in [0.717, 1.165) is 18.8 Å². The fourth-order valence-electron chi connectivity index (χ4n) is 2.12. The van der Waals surface area contributed by atoms with Gasteiger partial charge in [0.05, 0.1) is 6.04 Å². The number of imidazole rings is 1.